The van der Waals surface area contributed by atoms with Crippen molar-refractivity contribution in [3.63, 3.8) is 0 Å². The molecule has 0 bridgehead atoms. The molecule has 1 N–H and O–H groups in total. The molecule has 0 aliphatic carbocycles. The van der Waals surface area contributed by atoms with Gasteiger partial charge in [-0.2, -0.15) is 8.78 Å². The maximum Gasteiger partial charge on any atom is 0.387 e. The van der Waals surface area contributed by atoms with Gasteiger partial charge in [0.25, 0.3) is 5.91 Å². The van der Waals surface area contributed by atoms with Crippen molar-refractivity contribution >= 4 is 5.91 Å². The standard InChI is InChI=1S/C18H13F3N2O3/c19-14-4-2-1-3-13(14)16-9-15(23-26-16)17(24)22-10-11-5-7-12(8-6-11)25-18(20)21/h1-9,18H,10H2,(H,22,24). The normalized spacial score (nSPS) is 10.8. The Balaban J connectivity index is 1.61. The lowest BCUT2D eigenvalue weighted by atomic mass is 10.1. The maximum absolute atomic E-state index is 13.7. The van der Waals surface area contributed by atoms with Crippen molar-refractivity contribution in [1.82, 2.24) is 10.5 Å². The van der Waals surface area contributed by atoms with E-state index in [9.17, 15) is 18.0 Å². The molecule has 8 heteroatoms. The Labute approximate surface area is 146 Å². The van der Waals surface area contributed by atoms with Crippen LogP contribution in [0.4, 0.5) is 13.2 Å². The third-order valence-corrected chi connectivity index (χ3v) is 3.48. The molecule has 0 saturated carbocycles. The minimum Gasteiger partial charge on any atom is -0.435 e. The molecule has 0 saturated heterocycles. The van der Waals surface area contributed by atoms with Crippen molar-refractivity contribution in [2.45, 2.75) is 13.2 Å². The van der Waals surface area contributed by atoms with Crippen LogP contribution in [-0.2, 0) is 6.54 Å². The Kier molecular flexibility index (Phi) is 5.21. The zero-order valence-electron chi connectivity index (χ0n) is 13.3. The van der Waals surface area contributed by atoms with E-state index in [2.05, 4.69) is 15.2 Å². The molecule has 1 aromatic heterocycles. The van der Waals surface area contributed by atoms with Gasteiger partial charge < -0.3 is 14.6 Å². The lowest BCUT2D eigenvalue weighted by Gasteiger charge is -2.06. The number of alkyl halides is 2. The molecule has 0 fully saturated rings. The van der Waals surface area contributed by atoms with Crippen molar-refractivity contribution in [3.8, 4) is 17.1 Å². The summed E-state index contributed by atoms with van der Waals surface area (Å²) in [6.07, 6.45) is 0. The van der Waals surface area contributed by atoms with Crippen LogP contribution in [0.15, 0.2) is 59.1 Å². The van der Waals surface area contributed by atoms with E-state index in [0.29, 0.717) is 5.56 Å². The quantitative estimate of drug-likeness (QED) is 0.720. The van der Waals surface area contributed by atoms with Crippen LogP contribution >= 0.6 is 0 Å². The third-order valence-electron chi connectivity index (χ3n) is 3.48. The second-order valence-corrected chi connectivity index (χ2v) is 5.26. The molecule has 3 aromatic rings. The number of ether oxygens (including phenoxy) is 1. The van der Waals surface area contributed by atoms with Gasteiger partial charge in [-0.25, -0.2) is 4.39 Å². The topological polar surface area (TPSA) is 64.4 Å². The number of nitrogens with zero attached hydrogens (tertiary/aromatic N) is 1. The lowest BCUT2D eigenvalue weighted by Crippen LogP contribution is -2.23. The van der Waals surface area contributed by atoms with Crippen molar-refractivity contribution in [3.05, 3.63) is 71.7 Å². The highest BCUT2D eigenvalue weighted by molar-refractivity contribution is 5.93. The smallest absolute Gasteiger partial charge is 0.387 e. The van der Waals surface area contributed by atoms with Crippen molar-refractivity contribution < 1.29 is 27.2 Å². The second kappa shape index (κ2) is 7.73. The van der Waals surface area contributed by atoms with E-state index >= 15 is 0 Å². The molecular weight excluding hydrogens is 349 g/mol. The summed E-state index contributed by atoms with van der Waals surface area (Å²) >= 11 is 0. The minimum absolute atomic E-state index is 0.000840. The number of amides is 1. The Hall–Kier alpha value is -3.29. The summed E-state index contributed by atoms with van der Waals surface area (Å²) in [6, 6.07) is 13.2. The van der Waals surface area contributed by atoms with E-state index in [1.807, 2.05) is 0 Å². The maximum atomic E-state index is 13.7. The van der Waals surface area contributed by atoms with Crippen LogP contribution in [0.25, 0.3) is 11.3 Å². The number of benzene rings is 2. The Morgan fingerprint density at radius 3 is 2.58 bits per heavy atom. The predicted molar refractivity (Wildman–Crippen MR) is 86.1 cm³/mol. The van der Waals surface area contributed by atoms with Crippen LogP contribution in [0.1, 0.15) is 16.1 Å². The van der Waals surface area contributed by atoms with Crippen LogP contribution in [0, 0.1) is 5.82 Å². The van der Waals surface area contributed by atoms with Gasteiger partial charge >= 0.3 is 6.61 Å². The Morgan fingerprint density at radius 2 is 1.88 bits per heavy atom. The highest BCUT2D eigenvalue weighted by Crippen LogP contribution is 2.23. The van der Waals surface area contributed by atoms with Gasteiger partial charge in [-0.3, -0.25) is 4.79 Å². The fourth-order valence-electron chi connectivity index (χ4n) is 2.23. The first-order valence-corrected chi connectivity index (χ1v) is 7.56. The molecule has 5 nitrogen and oxygen atoms in total. The molecule has 0 unspecified atom stereocenters. The number of hydrogen-bond donors (Lipinski definition) is 1. The zero-order chi connectivity index (χ0) is 18.5. The van der Waals surface area contributed by atoms with Crippen molar-refractivity contribution in [2.75, 3.05) is 0 Å². The largest absolute Gasteiger partial charge is 0.435 e. The van der Waals surface area contributed by atoms with Crippen LogP contribution < -0.4 is 10.1 Å². The van der Waals surface area contributed by atoms with Gasteiger partial charge in [0.1, 0.15) is 11.6 Å². The lowest BCUT2D eigenvalue weighted by molar-refractivity contribution is -0.0498. The van der Waals surface area contributed by atoms with E-state index in [4.69, 9.17) is 4.52 Å². The second-order valence-electron chi connectivity index (χ2n) is 5.26. The average Bonchev–Trinajstić information content (AvgIpc) is 3.11. The van der Waals surface area contributed by atoms with Gasteiger partial charge in [-0.05, 0) is 29.8 Å². The first-order chi connectivity index (χ1) is 12.5. The molecule has 0 aliphatic rings. The summed E-state index contributed by atoms with van der Waals surface area (Å²) in [6.45, 7) is -2.74. The summed E-state index contributed by atoms with van der Waals surface area (Å²) in [4.78, 5) is 12.1. The first-order valence-electron chi connectivity index (χ1n) is 7.56. The Bertz CT molecular complexity index is 895. The average molecular weight is 362 g/mol. The van der Waals surface area contributed by atoms with Crippen molar-refractivity contribution in [2.24, 2.45) is 0 Å². The van der Waals surface area contributed by atoms with E-state index in [1.165, 1.54) is 30.3 Å². The molecule has 1 heterocycles. The molecule has 0 radical (unpaired) electrons. The van der Waals surface area contributed by atoms with E-state index in [-0.39, 0.29) is 29.3 Å². The molecule has 3 rings (SSSR count). The summed E-state index contributed by atoms with van der Waals surface area (Å²) in [5, 5.41) is 6.25. The summed E-state index contributed by atoms with van der Waals surface area (Å²) in [7, 11) is 0. The monoisotopic (exact) mass is 362 g/mol. The van der Waals surface area contributed by atoms with E-state index in [1.54, 1.807) is 24.3 Å². The van der Waals surface area contributed by atoms with Gasteiger partial charge in [-0.15, -0.1) is 0 Å². The SMILES string of the molecule is O=C(NCc1ccc(OC(F)F)cc1)c1cc(-c2ccccc2F)on1. The van der Waals surface area contributed by atoms with Crippen LogP contribution in [0.2, 0.25) is 0 Å². The number of hydrogen-bond acceptors (Lipinski definition) is 4. The molecular formula is C18H13F3N2O3. The van der Waals surface area contributed by atoms with Gasteiger partial charge in [0, 0.05) is 12.6 Å². The molecule has 1 amide bonds. The summed E-state index contributed by atoms with van der Waals surface area (Å²) in [5.41, 5.74) is 0.882. The van der Waals surface area contributed by atoms with E-state index < -0.39 is 18.3 Å². The molecule has 0 atom stereocenters. The summed E-state index contributed by atoms with van der Waals surface area (Å²) < 4.78 is 47.2. The van der Waals surface area contributed by atoms with Gasteiger partial charge in [0.05, 0.1) is 5.56 Å². The third kappa shape index (κ3) is 4.21. The molecule has 134 valence electrons. The highest BCUT2D eigenvalue weighted by Gasteiger charge is 2.15. The van der Waals surface area contributed by atoms with Gasteiger partial charge in [-0.1, -0.05) is 29.4 Å². The number of nitrogens with one attached hydrogen (secondary N) is 1. The number of carbonyl (C=O) groups excluding carboxylic acids is 1. The van der Waals surface area contributed by atoms with Crippen LogP contribution in [0.5, 0.6) is 5.75 Å². The van der Waals surface area contributed by atoms with Crippen LogP contribution in [0.3, 0.4) is 0 Å². The number of halogens is 3. The Morgan fingerprint density at radius 1 is 1.15 bits per heavy atom. The summed E-state index contributed by atoms with van der Waals surface area (Å²) in [5.74, 6) is -0.825. The molecule has 0 aliphatic heterocycles. The fourth-order valence-corrected chi connectivity index (χ4v) is 2.23. The van der Waals surface area contributed by atoms with Crippen LogP contribution in [-0.4, -0.2) is 17.7 Å². The minimum atomic E-state index is -2.89. The van der Waals surface area contributed by atoms with Gasteiger partial charge in [0.15, 0.2) is 11.5 Å². The molecule has 0 spiro atoms. The molecule has 2 aromatic carbocycles. The number of carbonyl (C=O) groups is 1. The number of rotatable bonds is 6. The highest BCUT2D eigenvalue weighted by atomic mass is 19.3. The molecule has 26 heavy (non-hydrogen) atoms. The number of aromatic nitrogens is 1. The predicted octanol–water partition coefficient (Wildman–Crippen LogP) is 4.01. The first kappa shape index (κ1) is 17.5. The van der Waals surface area contributed by atoms with E-state index in [0.717, 1.165) is 0 Å². The van der Waals surface area contributed by atoms with Crippen molar-refractivity contribution in [1.29, 1.82) is 0 Å². The van der Waals surface area contributed by atoms with Gasteiger partial charge in [0.2, 0.25) is 0 Å². The zero-order valence-corrected chi connectivity index (χ0v) is 13.3. The fraction of sp³-hybridized carbons (Fsp3) is 0.111.